The van der Waals surface area contributed by atoms with Gasteiger partial charge in [-0.25, -0.2) is 4.39 Å². The van der Waals surface area contributed by atoms with Crippen LogP contribution >= 0.6 is 0 Å². The van der Waals surface area contributed by atoms with Gasteiger partial charge in [0.25, 0.3) is 0 Å². The number of alkyl halides is 3. The Morgan fingerprint density at radius 3 is 2.66 bits per heavy atom. The zero-order valence-corrected chi connectivity index (χ0v) is 19.8. The number of pyridine rings is 1. The monoisotopic (exact) mass is 506 g/mol. The van der Waals surface area contributed by atoms with Crippen LogP contribution in [0.1, 0.15) is 35.6 Å². The molecule has 0 amide bonds. The molecule has 2 bridgehead atoms. The summed E-state index contributed by atoms with van der Waals surface area (Å²) in [6.45, 7) is 5.86. The molecular formula is C27H27ClF4N2O. The van der Waals surface area contributed by atoms with Crippen LogP contribution < -0.4 is 12.4 Å². The summed E-state index contributed by atoms with van der Waals surface area (Å²) in [5, 5.41) is 12.6. The molecule has 35 heavy (non-hydrogen) atoms. The number of para-hydroxylation sites is 1. The minimum Gasteiger partial charge on any atom is -1.00 e. The second-order valence-electron chi connectivity index (χ2n) is 9.71. The number of quaternary nitrogens is 1. The van der Waals surface area contributed by atoms with Crippen molar-refractivity contribution in [3.05, 3.63) is 89.9 Å². The minimum absolute atomic E-state index is 0. The Bertz CT molecular complexity index is 1230. The number of rotatable bonds is 5. The van der Waals surface area contributed by atoms with Crippen molar-refractivity contribution in [2.75, 3.05) is 13.1 Å². The highest BCUT2D eigenvalue weighted by Gasteiger charge is 2.54. The fourth-order valence-electron chi connectivity index (χ4n) is 6.21. The first-order valence-electron chi connectivity index (χ1n) is 11.6. The van der Waals surface area contributed by atoms with E-state index in [1.165, 1.54) is 6.07 Å². The van der Waals surface area contributed by atoms with E-state index in [2.05, 4.69) is 11.6 Å². The average Bonchev–Trinajstić information content (AvgIpc) is 2.82. The maximum atomic E-state index is 14.4. The maximum absolute atomic E-state index is 14.4. The molecule has 3 nitrogen and oxygen atoms in total. The molecule has 3 saturated heterocycles. The number of fused-ring (bicyclic) bond motifs is 4. The number of nitrogens with zero attached hydrogens (tertiary/aromatic N) is 2. The molecule has 1 N–H and O–H groups in total. The Labute approximate surface area is 208 Å². The molecule has 4 heterocycles. The summed E-state index contributed by atoms with van der Waals surface area (Å²) < 4.78 is 54.1. The van der Waals surface area contributed by atoms with Gasteiger partial charge >= 0.3 is 6.18 Å². The second-order valence-corrected chi connectivity index (χ2v) is 9.71. The van der Waals surface area contributed by atoms with Crippen LogP contribution in [0, 0.1) is 17.7 Å². The summed E-state index contributed by atoms with van der Waals surface area (Å²) >= 11 is 0. The first-order chi connectivity index (χ1) is 16.2. The molecule has 0 saturated carbocycles. The molecule has 1 unspecified atom stereocenters. The van der Waals surface area contributed by atoms with E-state index in [9.17, 15) is 22.7 Å². The third-order valence-corrected chi connectivity index (χ3v) is 7.88. The summed E-state index contributed by atoms with van der Waals surface area (Å²) in [7, 11) is 0. The predicted octanol–water partition coefficient (Wildman–Crippen LogP) is 3.04. The van der Waals surface area contributed by atoms with Crippen LogP contribution in [-0.2, 0) is 12.7 Å². The fourth-order valence-corrected chi connectivity index (χ4v) is 6.21. The Hall–Kier alpha value is -2.48. The molecule has 3 fully saturated rings. The first kappa shape index (κ1) is 25.6. The number of benzene rings is 2. The van der Waals surface area contributed by atoms with Crippen molar-refractivity contribution in [1.29, 1.82) is 0 Å². The Kier molecular flexibility index (Phi) is 6.97. The molecule has 8 heteroatoms. The van der Waals surface area contributed by atoms with Crippen LogP contribution in [0.4, 0.5) is 17.6 Å². The molecule has 1 aromatic heterocycles. The summed E-state index contributed by atoms with van der Waals surface area (Å²) in [6, 6.07) is 12.5. The van der Waals surface area contributed by atoms with Gasteiger partial charge in [-0.15, -0.1) is 6.58 Å². The van der Waals surface area contributed by atoms with Gasteiger partial charge in [-0.1, -0.05) is 30.3 Å². The van der Waals surface area contributed by atoms with Crippen LogP contribution in [-0.4, -0.2) is 33.7 Å². The minimum atomic E-state index is -4.73. The highest BCUT2D eigenvalue weighted by Crippen LogP contribution is 2.48. The number of hydrogen-bond donors (Lipinski definition) is 1. The van der Waals surface area contributed by atoms with E-state index in [1.54, 1.807) is 6.20 Å². The predicted molar refractivity (Wildman–Crippen MR) is 122 cm³/mol. The largest absolute Gasteiger partial charge is 1.00 e. The molecule has 2 aromatic carbocycles. The molecule has 0 radical (unpaired) electrons. The van der Waals surface area contributed by atoms with Gasteiger partial charge in [-0.3, -0.25) is 4.98 Å². The number of piperidine rings is 3. The topological polar surface area (TPSA) is 33.1 Å². The smallest absolute Gasteiger partial charge is 0.419 e. The van der Waals surface area contributed by atoms with Gasteiger partial charge in [0.15, 0.2) is 0 Å². The molecule has 0 aliphatic carbocycles. The molecule has 6 rings (SSSR count). The van der Waals surface area contributed by atoms with E-state index in [4.69, 9.17) is 0 Å². The third kappa shape index (κ3) is 4.57. The third-order valence-electron chi connectivity index (χ3n) is 7.88. The van der Waals surface area contributed by atoms with E-state index in [-0.39, 0.29) is 24.4 Å². The lowest BCUT2D eigenvalue weighted by Crippen LogP contribution is -3.00. The lowest BCUT2D eigenvalue weighted by atomic mass is 9.71. The quantitative estimate of drug-likeness (QED) is 0.328. The SMILES string of the molecule is C=C[C@H]1C[N+]2(Cc3ccc(C(F)(F)F)c(F)c3)CC[C@H]1C[C@@H]2[C@@H](O)c1ccnc2ccccc12.[Cl-]. The molecule has 5 atom stereocenters. The number of aliphatic hydroxyl groups is 1. The van der Waals surface area contributed by atoms with Gasteiger partial charge in [0, 0.05) is 35.9 Å². The van der Waals surface area contributed by atoms with Crippen molar-refractivity contribution in [3.8, 4) is 0 Å². The van der Waals surface area contributed by atoms with Crippen molar-refractivity contribution >= 4 is 10.9 Å². The van der Waals surface area contributed by atoms with Crippen molar-refractivity contribution < 1.29 is 39.6 Å². The molecule has 186 valence electrons. The number of hydrogen-bond acceptors (Lipinski definition) is 2. The highest BCUT2D eigenvalue weighted by atomic mass is 35.5. The van der Waals surface area contributed by atoms with E-state index >= 15 is 0 Å². The van der Waals surface area contributed by atoms with Crippen molar-refractivity contribution in [2.24, 2.45) is 11.8 Å². The summed E-state index contributed by atoms with van der Waals surface area (Å²) in [4.78, 5) is 4.40. The number of aromatic nitrogens is 1. The standard InChI is InChI=1S/C27H27F4N2O.ClH/c1-2-18-16-33(15-17-7-8-22(23(28)13-17)27(29,30)31)12-10-19(18)14-25(33)26(34)21-9-11-32-24-6-4-3-5-20(21)24;/h2-9,11,13,18-19,25-26,34H,1,10,12,14-16H2;1H/q+1;/p-1/t18-,19-,25+,26-,33?;/m0./s1. The van der Waals surface area contributed by atoms with Gasteiger partial charge in [-0.2, -0.15) is 13.2 Å². The van der Waals surface area contributed by atoms with E-state index in [0.29, 0.717) is 22.5 Å². The zero-order valence-electron chi connectivity index (χ0n) is 19.1. The molecule has 3 aliphatic rings. The molecule has 0 spiro atoms. The Morgan fingerprint density at radius 2 is 1.94 bits per heavy atom. The summed E-state index contributed by atoms with van der Waals surface area (Å²) in [5.41, 5.74) is 0.854. The molecule has 3 aliphatic heterocycles. The van der Waals surface area contributed by atoms with Gasteiger partial charge in [0.1, 0.15) is 24.5 Å². The van der Waals surface area contributed by atoms with Crippen molar-refractivity contribution in [1.82, 2.24) is 4.98 Å². The zero-order chi connectivity index (χ0) is 24.1. The van der Waals surface area contributed by atoms with Crippen LogP contribution in [0.5, 0.6) is 0 Å². The highest BCUT2D eigenvalue weighted by molar-refractivity contribution is 5.82. The van der Waals surface area contributed by atoms with E-state index < -0.39 is 23.7 Å². The van der Waals surface area contributed by atoms with Crippen molar-refractivity contribution in [2.45, 2.75) is 37.7 Å². The van der Waals surface area contributed by atoms with E-state index in [1.807, 2.05) is 36.4 Å². The number of aliphatic hydroxyl groups excluding tert-OH is 1. The van der Waals surface area contributed by atoms with Crippen molar-refractivity contribution in [3.63, 3.8) is 0 Å². The maximum Gasteiger partial charge on any atom is 0.419 e. The normalized spacial score (nSPS) is 26.8. The Balaban J connectivity index is 0.00000289. The van der Waals surface area contributed by atoms with Gasteiger partial charge in [0.05, 0.1) is 24.2 Å². The van der Waals surface area contributed by atoms with Gasteiger partial charge in [0.2, 0.25) is 0 Å². The first-order valence-corrected chi connectivity index (χ1v) is 11.6. The van der Waals surface area contributed by atoms with Crippen LogP contribution in [0.25, 0.3) is 10.9 Å². The molecular weight excluding hydrogens is 480 g/mol. The van der Waals surface area contributed by atoms with Crippen LogP contribution in [0.2, 0.25) is 0 Å². The van der Waals surface area contributed by atoms with Crippen LogP contribution in [0.3, 0.4) is 0 Å². The van der Waals surface area contributed by atoms with E-state index in [0.717, 1.165) is 54.5 Å². The van der Waals surface area contributed by atoms with Crippen LogP contribution in [0.15, 0.2) is 67.4 Å². The Morgan fingerprint density at radius 1 is 1.17 bits per heavy atom. The summed E-state index contributed by atoms with van der Waals surface area (Å²) in [5.74, 6) is -0.604. The molecule has 3 aromatic rings. The van der Waals surface area contributed by atoms with Gasteiger partial charge in [-0.05, 0) is 35.7 Å². The lowest BCUT2D eigenvalue weighted by Gasteiger charge is -2.58. The number of halogens is 5. The fraction of sp³-hybridized carbons (Fsp3) is 0.370. The average molecular weight is 507 g/mol. The second kappa shape index (κ2) is 9.52. The van der Waals surface area contributed by atoms with Gasteiger partial charge < -0.3 is 22.0 Å². The summed E-state index contributed by atoms with van der Waals surface area (Å²) in [6.07, 6.45) is -0.139. The lowest BCUT2D eigenvalue weighted by molar-refractivity contribution is -0.984.